The number of thiazole rings is 1. The summed E-state index contributed by atoms with van der Waals surface area (Å²) in [5.41, 5.74) is 1.16. The molecule has 96 valence electrons. The fourth-order valence-corrected chi connectivity index (χ4v) is 2.55. The van der Waals surface area contributed by atoms with Gasteiger partial charge in [-0.15, -0.1) is 11.3 Å². The van der Waals surface area contributed by atoms with Crippen molar-refractivity contribution in [1.29, 1.82) is 0 Å². The van der Waals surface area contributed by atoms with E-state index < -0.39 is 0 Å². The average molecular weight is 262 g/mol. The molecule has 0 aliphatic carbocycles. The number of nitrogens with one attached hydrogen (secondary N) is 1. The molecule has 0 amide bonds. The molecule has 4 heteroatoms. The summed E-state index contributed by atoms with van der Waals surface area (Å²) >= 11 is 1.69. The van der Waals surface area contributed by atoms with Gasteiger partial charge in [-0.05, 0) is 6.42 Å². The Hall–Kier alpha value is -1.23. The number of hydrogen-bond donors (Lipinski definition) is 2. The lowest BCUT2D eigenvalue weighted by atomic mass is 10.2. The third kappa shape index (κ3) is 3.38. The average Bonchev–Trinajstić information content (AvgIpc) is 2.90. The fraction of sp³-hybridized carbons (Fsp3) is 0.357. The second-order valence-electron chi connectivity index (χ2n) is 4.17. The first-order valence-electron chi connectivity index (χ1n) is 6.18. The number of aliphatic hydroxyl groups excluding tert-OH is 1. The van der Waals surface area contributed by atoms with Crippen LogP contribution in [-0.4, -0.2) is 22.7 Å². The van der Waals surface area contributed by atoms with Gasteiger partial charge in [-0.2, -0.15) is 0 Å². The van der Waals surface area contributed by atoms with Crippen LogP contribution in [0.15, 0.2) is 36.5 Å². The molecule has 2 rings (SSSR count). The number of rotatable bonds is 6. The normalized spacial score (nSPS) is 12.6. The molecule has 3 nitrogen and oxygen atoms in total. The number of hydrogen-bond acceptors (Lipinski definition) is 4. The van der Waals surface area contributed by atoms with Crippen molar-refractivity contribution < 1.29 is 5.11 Å². The van der Waals surface area contributed by atoms with Crippen LogP contribution in [0, 0.1) is 0 Å². The second kappa shape index (κ2) is 6.64. The molecule has 0 fully saturated rings. The third-order valence-corrected chi connectivity index (χ3v) is 3.90. The first-order valence-corrected chi connectivity index (χ1v) is 6.99. The molecule has 2 aromatic rings. The van der Waals surface area contributed by atoms with Gasteiger partial charge < -0.3 is 10.4 Å². The molecule has 1 atom stereocenters. The van der Waals surface area contributed by atoms with Crippen molar-refractivity contribution in [3.05, 3.63) is 41.4 Å². The highest BCUT2D eigenvalue weighted by molar-refractivity contribution is 7.15. The summed E-state index contributed by atoms with van der Waals surface area (Å²) in [6.45, 7) is 3.01. The van der Waals surface area contributed by atoms with E-state index in [2.05, 4.69) is 29.4 Å². The number of aromatic nitrogens is 1. The number of aliphatic hydroxyl groups is 1. The van der Waals surface area contributed by atoms with Gasteiger partial charge in [-0.3, -0.25) is 0 Å². The van der Waals surface area contributed by atoms with E-state index in [1.54, 1.807) is 11.3 Å². The molecule has 0 saturated carbocycles. The van der Waals surface area contributed by atoms with Crippen molar-refractivity contribution in [3.8, 4) is 10.6 Å². The minimum absolute atomic E-state index is 0.173. The molecule has 0 saturated heterocycles. The highest BCUT2D eigenvalue weighted by atomic mass is 32.1. The van der Waals surface area contributed by atoms with Gasteiger partial charge in [0.1, 0.15) is 5.01 Å². The molecule has 0 bridgehead atoms. The minimum Gasteiger partial charge on any atom is -0.395 e. The maximum atomic E-state index is 9.11. The molecule has 1 aromatic heterocycles. The number of nitrogens with zero attached hydrogens (tertiary/aromatic N) is 1. The predicted molar refractivity (Wildman–Crippen MR) is 75.6 cm³/mol. The molecule has 0 aliphatic rings. The van der Waals surface area contributed by atoms with Crippen molar-refractivity contribution in [1.82, 2.24) is 10.3 Å². The van der Waals surface area contributed by atoms with Gasteiger partial charge in [-0.1, -0.05) is 37.3 Å². The van der Waals surface area contributed by atoms with Gasteiger partial charge in [0.2, 0.25) is 0 Å². The Balaban J connectivity index is 1.98. The van der Waals surface area contributed by atoms with E-state index in [0.29, 0.717) is 0 Å². The van der Waals surface area contributed by atoms with Gasteiger partial charge in [0.15, 0.2) is 0 Å². The Kier molecular flexibility index (Phi) is 4.87. The molecular weight excluding hydrogens is 244 g/mol. The summed E-state index contributed by atoms with van der Waals surface area (Å²) in [5, 5.41) is 13.5. The lowest BCUT2D eigenvalue weighted by molar-refractivity contribution is 0.238. The molecule has 2 N–H and O–H groups in total. The van der Waals surface area contributed by atoms with E-state index in [1.165, 1.54) is 4.88 Å². The van der Waals surface area contributed by atoms with E-state index in [0.717, 1.165) is 23.5 Å². The Morgan fingerprint density at radius 1 is 1.33 bits per heavy atom. The van der Waals surface area contributed by atoms with Gasteiger partial charge in [-0.25, -0.2) is 4.98 Å². The zero-order valence-electron chi connectivity index (χ0n) is 10.5. The van der Waals surface area contributed by atoms with E-state index in [1.807, 2.05) is 24.4 Å². The molecule has 1 aromatic carbocycles. The molecule has 0 radical (unpaired) electrons. The molecular formula is C14H18N2OS. The van der Waals surface area contributed by atoms with Crippen LogP contribution in [0.5, 0.6) is 0 Å². The molecule has 18 heavy (non-hydrogen) atoms. The van der Waals surface area contributed by atoms with Gasteiger partial charge >= 0.3 is 0 Å². The third-order valence-electron chi connectivity index (χ3n) is 2.85. The van der Waals surface area contributed by atoms with E-state index >= 15 is 0 Å². The quantitative estimate of drug-likeness (QED) is 0.841. The van der Waals surface area contributed by atoms with Gasteiger partial charge in [0, 0.05) is 29.2 Å². The summed E-state index contributed by atoms with van der Waals surface area (Å²) in [4.78, 5) is 5.63. The first-order chi connectivity index (χ1) is 8.83. The summed E-state index contributed by atoms with van der Waals surface area (Å²) in [7, 11) is 0. The molecule has 0 spiro atoms. The predicted octanol–water partition coefficient (Wildman–Crippen LogP) is 2.67. The fourth-order valence-electron chi connectivity index (χ4n) is 1.69. The standard InChI is InChI=1S/C14H18N2OS/c1-2-12(10-17)15-8-13-9-16-14(18-13)11-6-4-3-5-7-11/h3-7,9,12,15,17H,2,8,10H2,1H3. The maximum Gasteiger partial charge on any atom is 0.123 e. The first kappa shape index (κ1) is 13.2. The Morgan fingerprint density at radius 3 is 2.78 bits per heavy atom. The second-order valence-corrected chi connectivity index (χ2v) is 5.28. The Labute approximate surface area is 112 Å². The Bertz CT molecular complexity index is 466. The SMILES string of the molecule is CCC(CO)NCc1cnc(-c2ccccc2)s1. The van der Waals surface area contributed by atoms with Crippen molar-refractivity contribution >= 4 is 11.3 Å². The number of benzene rings is 1. The maximum absolute atomic E-state index is 9.11. The van der Waals surface area contributed by atoms with Gasteiger partial charge in [0.25, 0.3) is 0 Å². The van der Waals surface area contributed by atoms with Gasteiger partial charge in [0.05, 0.1) is 6.61 Å². The lowest BCUT2D eigenvalue weighted by Crippen LogP contribution is -2.30. The summed E-state index contributed by atoms with van der Waals surface area (Å²) in [6, 6.07) is 10.4. The van der Waals surface area contributed by atoms with E-state index in [-0.39, 0.29) is 12.6 Å². The smallest absolute Gasteiger partial charge is 0.123 e. The van der Waals surface area contributed by atoms with Crippen LogP contribution in [0.25, 0.3) is 10.6 Å². The largest absolute Gasteiger partial charge is 0.395 e. The van der Waals surface area contributed by atoms with Crippen LogP contribution in [0.1, 0.15) is 18.2 Å². The lowest BCUT2D eigenvalue weighted by Gasteiger charge is -2.12. The summed E-state index contributed by atoms with van der Waals surface area (Å²) < 4.78 is 0. The van der Waals surface area contributed by atoms with Crippen molar-refractivity contribution in [2.24, 2.45) is 0 Å². The van der Waals surface area contributed by atoms with Crippen LogP contribution in [0.4, 0.5) is 0 Å². The van der Waals surface area contributed by atoms with Crippen molar-refractivity contribution in [2.75, 3.05) is 6.61 Å². The topological polar surface area (TPSA) is 45.1 Å². The van der Waals surface area contributed by atoms with Crippen molar-refractivity contribution in [3.63, 3.8) is 0 Å². The van der Waals surface area contributed by atoms with E-state index in [9.17, 15) is 0 Å². The highest BCUT2D eigenvalue weighted by Gasteiger charge is 2.07. The van der Waals surface area contributed by atoms with Crippen LogP contribution in [-0.2, 0) is 6.54 Å². The van der Waals surface area contributed by atoms with E-state index in [4.69, 9.17) is 5.11 Å². The summed E-state index contributed by atoms with van der Waals surface area (Å²) in [5.74, 6) is 0. The highest BCUT2D eigenvalue weighted by Crippen LogP contribution is 2.24. The van der Waals surface area contributed by atoms with Crippen LogP contribution >= 0.6 is 11.3 Å². The van der Waals surface area contributed by atoms with Crippen LogP contribution in [0.3, 0.4) is 0 Å². The monoisotopic (exact) mass is 262 g/mol. The minimum atomic E-state index is 0.173. The van der Waals surface area contributed by atoms with Crippen LogP contribution < -0.4 is 5.32 Å². The van der Waals surface area contributed by atoms with Crippen LogP contribution in [0.2, 0.25) is 0 Å². The zero-order valence-corrected chi connectivity index (χ0v) is 11.3. The summed E-state index contributed by atoms with van der Waals surface area (Å²) in [6.07, 6.45) is 2.84. The molecule has 0 aliphatic heterocycles. The zero-order chi connectivity index (χ0) is 12.8. The van der Waals surface area contributed by atoms with Crippen molar-refractivity contribution in [2.45, 2.75) is 25.9 Å². The molecule has 1 unspecified atom stereocenters. The Morgan fingerprint density at radius 2 is 2.11 bits per heavy atom. The molecule has 1 heterocycles.